The van der Waals surface area contributed by atoms with Crippen molar-refractivity contribution in [1.29, 1.82) is 0 Å². The summed E-state index contributed by atoms with van der Waals surface area (Å²) >= 11 is 1.56. The second-order valence-electron chi connectivity index (χ2n) is 7.38. The Morgan fingerprint density at radius 2 is 1.85 bits per heavy atom. The Kier molecular flexibility index (Phi) is 4.83. The summed E-state index contributed by atoms with van der Waals surface area (Å²) in [7, 11) is 0. The normalized spacial score (nSPS) is 19.6. The van der Waals surface area contributed by atoms with Gasteiger partial charge < -0.3 is 5.32 Å². The number of nitrogens with one attached hydrogen (secondary N) is 1. The molecule has 27 heavy (non-hydrogen) atoms. The molecule has 5 nitrogen and oxygen atoms in total. The summed E-state index contributed by atoms with van der Waals surface area (Å²) < 4.78 is 0. The molecule has 0 bridgehead atoms. The van der Waals surface area contributed by atoms with Crippen LogP contribution in [0.4, 0.5) is 0 Å². The molecule has 0 unspecified atom stereocenters. The highest BCUT2D eigenvalue weighted by atomic mass is 32.1. The maximum atomic E-state index is 12.8. The van der Waals surface area contributed by atoms with Crippen LogP contribution < -0.4 is 5.32 Å². The van der Waals surface area contributed by atoms with E-state index in [1.54, 1.807) is 11.3 Å². The fraction of sp³-hybridized carbons (Fsp3) is 0.381. The van der Waals surface area contributed by atoms with E-state index in [1.807, 2.05) is 47.8 Å². The van der Waals surface area contributed by atoms with Gasteiger partial charge in [-0.05, 0) is 29.9 Å². The van der Waals surface area contributed by atoms with Crippen LogP contribution in [0.3, 0.4) is 0 Å². The van der Waals surface area contributed by atoms with Gasteiger partial charge in [-0.2, -0.15) is 0 Å². The Morgan fingerprint density at radius 1 is 1.11 bits per heavy atom. The third-order valence-corrected chi connectivity index (χ3v) is 6.55. The van der Waals surface area contributed by atoms with Gasteiger partial charge in [0.1, 0.15) is 6.54 Å². The molecule has 1 saturated carbocycles. The first-order valence-corrected chi connectivity index (χ1v) is 10.2. The Bertz CT molecular complexity index is 842. The van der Waals surface area contributed by atoms with E-state index in [0.717, 1.165) is 41.0 Å². The van der Waals surface area contributed by atoms with E-state index in [-0.39, 0.29) is 36.7 Å². The van der Waals surface area contributed by atoms with Gasteiger partial charge in [-0.3, -0.25) is 19.3 Å². The van der Waals surface area contributed by atoms with Crippen molar-refractivity contribution in [2.24, 2.45) is 5.41 Å². The van der Waals surface area contributed by atoms with E-state index in [1.165, 1.54) is 0 Å². The second kappa shape index (κ2) is 7.27. The number of hydrogen-bond donors (Lipinski definition) is 1. The molecule has 1 aromatic heterocycles. The molecule has 1 atom stereocenters. The molecule has 1 saturated heterocycles. The lowest BCUT2D eigenvalue weighted by molar-refractivity contribution is -0.144. The van der Waals surface area contributed by atoms with Crippen molar-refractivity contribution in [3.05, 3.63) is 58.3 Å². The maximum Gasteiger partial charge on any atom is 0.240 e. The number of imide groups is 1. The van der Waals surface area contributed by atoms with Gasteiger partial charge in [0.2, 0.25) is 17.7 Å². The average molecular weight is 382 g/mol. The molecule has 4 rings (SSSR count). The Labute approximate surface area is 162 Å². The summed E-state index contributed by atoms with van der Waals surface area (Å²) in [6.07, 6.45) is 3.74. The zero-order chi connectivity index (χ0) is 18.9. The molecule has 2 aromatic rings. The van der Waals surface area contributed by atoms with Crippen molar-refractivity contribution >= 4 is 29.1 Å². The van der Waals surface area contributed by atoms with Gasteiger partial charge in [-0.1, -0.05) is 49.2 Å². The summed E-state index contributed by atoms with van der Waals surface area (Å²) in [5.41, 5.74) is 0.434. The van der Waals surface area contributed by atoms with Crippen molar-refractivity contribution in [2.75, 3.05) is 6.54 Å². The quantitative estimate of drug-likeness (QED) is 0.807. The third-order valence-electron chi connectivity index (χ3n) is 5.62. The van der Waals surface area contributed by atoms with Gasteiger partial charge >= 0.3 is 0 Å². The molecule has 1 aliphatic heterocycles. The molecule has 1 N–H and O–H groups in total. The monoisotopic (exact) mass is 382 g/mol. The van der Waals surface area contributed by atoms with Crippen molar-refractivity contribution in [3.8, 4) is 0 Å². The zero-order valence-corrected chi connectivity index (χ0v) is 15.8. The lowest BCUT2D eigenvalue weighted by Crippen LogP contribution is -2.43. The van der Waals surface area contributed by atoms with Gasteiger partial charge in [0, 0.05) is 11.3 Å². The van der Waals surface area contributed by atoms with Crippen LogP contribution in [-0.2, 0) is 14.4 Å². The number of nitrogens with zero attached hydrogens (tertiary/aromatic N) is 1. The molecule has 6 heteroatoms. The fourth-order valence-electron chi connectivity index (χ4n) is 4.23. The predicted octanol–water partition coefficient (Wildman–Crippen LogP) is 3.27. The molecule has 140 valence electrons. The van der Waals surface area contributed by atoms with Crippen molar-refractivity contribution in [2.45, 2.75) is 38.1 Å². The van der Waals surface area contributed by atoms with Gasteiger partial charge in [0.15, 0.2) is 0 Å². The van der Waals surface area contributed by atoms with Crippen molar-refractivity contribution in [3.63, 3.8) is 0 Å². The fourth-order valence-corrected chi connectivity index (χ4v) is 5.03. The minimum absolute atomic E-state index is 0.160. The molecule has 1 aromatic carbocycles. The SMILES string of the molecule is O=C(CN1C(=O)CC2(CCCC2)C1=O)N[C@@H](c1ccccc1)c1cccs1. The van der Waals surface area contributed by atoms with Crippen molar-refractivity contribution in [1.82, 2.24) is 10.2 Å². The number of benzene rings is 1. The number of carbonyl (C=O) groups is 3. The Morgan fingerprint density at radius 3 is 2.52 bits per heavy atom. The molecular formula is C21H22N2O3S. The van der Waals surface area contributed by atoms with Crippen LogP contribution in [0.2, 0.25) is 0 Å². The highest BCUT2D eigenvalue weighted by molar-refractivity contribution is 7.10. The number of likely N-dealkylation sites (tertiary alicyclic amines) is 1. The summed E-state index contributed by atoms with van der Waals surface area (Å²) in [6, 6.07) is 13.3. The maximum absolute atomic E-state index is 12.8. The van der Waals surface area contributed by atoms with Crippen molar-refractivity contribution < 1.29 is 14.4 Å². The summed E-state index contributed by atoms with van der Waals surface area (Å²) in [5.74, 6) is -0.689. The molecule has 2 heterocycles. The minimum Gasteiger partial charge on any atom is -0.343 e. The number of amides is 3. The molecule has 1 spiro atoms. The lowest BCUT2D eigenvalue weighted by Gasteiger charge is -2.22. The van der Waals surface area contributed by atoms with Crippen LogP contribution in [-0.4, -0.2) is 29.2 Å². The minimum atomic E-state index is -0.538. The van der Waals surface area contributed by atoms with E-state index >= 15 is 0 Å². The molecule has 2 aliphatic rings. The molecule has 1 aliphatic carbocycles. The smallest absolute Gasteiger partial charge is 0.240 e. The summed E-state index contributed by atoms with van der Waals surface area (Å²) in [5, 5.41) is 4.98. The number of hydrogen-bond acceptors (Lipinski definition) is 4. The average Bonchev–Trinajstić information content (AvgIpc) is 3.40. The van der Waals surface area contributed by atoms with Gasteiger partial charge in [-0.15, -0.1) is 11.3 Å². The van der Waals surface area contributed by atoms with E-state index < -0.39 is 5.41 Å². The van der Waals surface area contributed by atoms with Gasteiger partial charge in [-0.25, -0.2) is 0 Å². The number of carbonyl (C=O) groups excluding carboxylic acids is 3. The first kappa shape index (κ1) is 17.9. The molecular weight excluding hydrogens is 360 g/mol. The lowest BCUT2D eigenvalue weighted by atomic mass is 9.84. The first-order valence-electron chi connectivity index (χ1n) is 9.32. The van der Waals surface area contributed by atoms with Crippen LogP contribution >= 0.6 is 11.3 Å². The van der Waals surface area contributed by atoms with Crippen LogP contribution in [0.1, 0.15) is 48.6 Å². The van der Waals surface area contributed by atoms with Crippen LogP contribution in [0.15, 0.2) is 47.8 Å². The number of thiophene rings is 1. The first-order chi connectivity index (χ1) is 13.1. The number of rotatable bonds is 5. The predicted molar refractivity (Wildman–Crippen MR) is 103 cm³/mol. The summed E-state index contributed by atoms with van der Waals surface area (Å²) in [6.45, 7) is -0.200. The van der Waals surface area contributed by atoms with E-state index in [0.29, 0.717) is 0 Å². The topological polar surface area (TPSA) is 66.5 Å². The standard InChI is InChI=1S/C21H22N2O3S/c24-17(14-23-18(25)13-21(20(23)26)10-4-5-11-21)22-19(16-9-6-12-27-16)15-7-2-1-3-8-15/h1-3,6-9,12,19H,4-5,10-11,13-14H2,(H,22,24)/t19-/m0/s1. The molecule has 0 radical (unpaired) electrons. The third kappa shape index (κ3) is 3.41. The van der Waals surface area contributed by atoms with Crippen LogP contribution in [0.5, 0.6) is 0 Å². The Balaban J connectivity index is 1.49. The zero-order valence-electron chi connectivity index (χ0n) is 15.0. The highest BCUT2D eigenvalue weighted by Gasteiger charge is 2.52. The van der Waals surface area contributed by atoms with Gasteiger partial charge in [0.05, 0.1) is 11.5 Å². The second-order valence-corrected chi connectivity index (χ2v) is 8.36. The van der Waals surface area contributed by atoms with E-state index in [4.69, 9.17) is 0 Å². The molecule has 3 amide bonds. The molecule has 2 fully saturated rings. The highest BCUT2D eigenvalue weighted by Crippen LogP contribution is 2.46. The van der Waals surface area contributed by atoms with E-state index in [2.05, 4.69) is 5.32 Å². The van der Waals surface area contributed by atoms with Crippen LogP contribution in [0, 0.1) is 5.41 Å². The van der Waals surface area contributed by atoms with Crippen LogP contribution in [0.25, 0.3) is 0 Å². The van der Waals surface area contributed by atoms with Gasteiger partial charge in [0.25, 0.3) is 0 Å². The Hall–Kier alpha value is -2.47. The largest absolute Gasteiger partial charge is 0.343 e. The summed E-state index contributed by atoms with van der Waals surface area (Å²) in [4.78, 5) is 40.1. The van der Waals surface area contributed by atoms with E-state index in [9.17, 15) is 14.4 Å².